The molecule has 1 amide bonds. The van der Waals surface area contributed by atoms with E-state index in [2.05, 4.69) is 37.1 Å². The van der Waals surface area contributed by atoms with Crippen LogP contribution >= 0.6 is 0 Å². The molecule has 0 radical (unpaired) electrons. The molecule has 3 atom stereocenters. The molecule has 2 aromatic carbocycles. The van der Waals surface area contributed by atoms with Gasteiger partial charge in [0.05, 0.1) is 20.3 Å². The maximum atomic E-state index is 13.5. The summed E-state index contributed by atoms with van der Waals surface area (Å²) in [5.41, 5.74) is 4.09. The van der Waals surface area contributed by atoms with Crippen molar-refractivity contribution in [3.8, 4) is 5.75 Å². The molecule has 0 aliphatic carbocycles. The van der Waals surface area contributed by atoms with E-state index in [1.54, 1.807) is 19.2 Å². The van der Waals surface area contributed by atoms with Crippen LogP contribution in [0, 0.1) is 19.7 Å². The lowest BCUT2D eigenvalue weighted by molar-refractivity contribution is -0.0977. The van der Waals surface area contributed by atoms with Crippen LogP contribution < -0.4 is 10.1 Å². The van der Waals surface area contributed by atoms with E-state index in [1.165, 1.54) is 28.8 Å². The van der Waals surface area contributed by atoms with Gasteiger partial charge in [0.2, 0.25) is 0 Å². The molecule has 2 bridgehead atoms. The molecule has 0 spiro atoms. The summed E-state index contributed by atoms with van der Waals surface area (Å²) in [7, 11) is 1.70. The number of amides is 1. The van der Waals surface area contributed by atoms with Crippen LogP contribution in [0.15, 0.2) is 36.4 Å². The number of ether oxygens (including phenoxy) is 2. The number of carbonyl (C=O) groups is 1. The van der Waals surface area contributed by atoms with Gasteiger partial charge < -0.3 is 14.8 Å². The van der Waals surface area contributed by atoms with Crippen LogP contribution in [-0.2, 0) is 4.74 Å². The third-order valence-electron chi connectivity index (χ3n) is 6.90. The lowest BCUT2D eigenvalue weighted by Crippen LogP contribution is -2.61. The first-order valence-electron chi connectivity index (χ1n) is 10.9. The number of nitrogens with one attached hydrogen (secondary N) is 1. The SMILES string of the molecule is COc1ccc(C(C)N2C3COCC2CC(NC(=O)c2cccc(F)c2)C3)c(C)c1C. The second kappa shape index (κ2) is 8.97. The van der Waals surface area contributed by atoms with Gasteiger partial charge in [-0.2, -0.15) is 0 Å². The van der Waals surface area contributed by atoms with Crippen molar-refractivity contribution in [3.05, 3.63) is 64.5 Å². The number of benzene rings is 2. The molecular weight excluding hydrogens is 395 g/mol. The van der Waals surface area contributed by atoms with Gasteiger partial charge in [-0.05, 0) is 74.6 Å². The fourth-order valence-electron chi connectivity index (χ4n) is 5.24. The van der Waals surface area contributed by atoms with Gasteiger partial charge in [0.15, 0.2) is 0 Å². The van der Waals surface area contributed by atoms with Gasteiger partial charge in [-0.3, -0.25) is 9.69 Å². The Morgan fingerprint density at radius 3 is 2.52 bits per heavy atom. The van der Waals surface area contributed by atoms with Gasteiger partial charge in [-0.25, -0.2) is 4.39 Å². The molecular formula is C25H31FN2O3. The van der Waals surface area contributed by atoms with Gasteiger partial charge in [0, 0.05) is 29.7 Å². The zero-order chi connectivity index (χ0) is 22.1. The van der Waals surface area contributed by atoms with Crippen molar-refractivity contribution < 1.29 is 18.7 Å². The van der Waals surface area contributed by atoms with Gasteiger partial charge in [0.25, 0.3) is 5.91 Å². The van der Waals surface area contributed by atoms with Crippen LogP contribution in [0.25, 0.3) is 0 Å². The summed E-state index contributed by atoms with van der Waals surface area (Å²) >= 11 is 0. The molecule has 0 aromatic heterocycles. The maximum Gasteiger partial charge on any atom is 0.251 e. The van der Waals surface area contributed by atoms with Crippen LogP contribution in [0.1, 0.15) is 52.9 Å². The minimum Gasteiger partial charge on any atom is -0.496 e. The first-order valence-corrected chi connectivity index (χ1v) is 10.9. The molecule has 166 valence electrons. The third-order valence-corrected chi connectivity index (χ3v) is 6.90. The number of carbonyl (C=O) groups excluding carboxylic acids is 1. The highest BCUT2D eigenvalue weighted by molar-refractivity contribution is 5.94. The van der Waals surface area contributed by atoms with Crippen LogP contribution in [0.5, 0.6) is 5.75 Å². The number of piperidine rings is 1. The molecule has 3 unspecified atom stereocenters. The van der Waals surface area contributed by atoms with Gasteiger partial charge in [-0.1, -0.05) is 12.1 Å². The summed E-state index contributed by atoms with van der Waals surface area (Å²) in [6.45, 7) is 7.82. The summed E-state index contributed by atoms with van der Waals surface area (Å²) in [4.78, 5) is 15.2. The number of fused-ring (bicyclic) bond motifs is 2. The summed E-state index contributed by atoms with van der Waals surface area (Å²) in [5.74, 6) is 0.300. The highest BCUT2D eigenvalue weighted by Gasteiger charge is 2.42. The molecule has 0 saturated carbocycles. The number of methoxy groups -OCH3 is 1. The maximum absolute atomic E-state index is 13.5. The Hall–Kier alpha value is -2.44. The molecule has 2 aromatic rings. The van der Waals surface area contributed by atoms with Crippen molar-refractivity contribution in [2.45, 2.75) is 57.8 Å². The highest BCUT2D eigenvalue weighted by Crippen LogP contribution is 2.38. The number of morpholine rings is 1. The molecule has 31 heavy (non-hydrogen) atoms. The summed E-state index contributed by atoms with van der Waals surface area (Å²) in [5, 5.41) is 3.12. The van der Waals surface area contributed by atoms with Crippen LogP contribution in [-0.4, -0.2) is 49.3 Å². The number of halogens is 1. The molecule has 2 fully saturated rings. The first-order chi connectivity index (χ1) is 14.9. The fraction of sp³-hybridized carbons (Fsp3) is 0.480. The van der Waals surface area contributed by atoms with Crippen molar-refractivity contribution in [2.24, 2.45) is 0 Å². The molecule has 2 aliphatic heterocycles. The summed E-state index contributed by atoms with van der Waals surface area (Å²) < 4.78 is 24.8. The van der Waals surface area contributed by atoms with Crippen LogP contribution in [0.2, 0.25) is 0 Å². The van der Waals surface area contributed by atoms with Crippen LogP contribution in [0.4, 0.5) is 4.39 Å². The molecule has 5 nitrogen and oxygen atoms in total. The highest BCUT2D eigenvalue weighted by atomic mass is 19.1. The number of nitrogens with zero attached hydrogens (tertiary/aromatic N) is 1. The average Bonchev–Trinajstić information content (AvgIpc) is 2.74. The van der Waals surface area contributed by atoms with E-state index in [-0.39, 0.29) is 30.1 Å². The van der Waals surface area contributed by atoms with Gasteiger partial charge >= 0.3 is 0 Å². The van der Waals surface area contributed by atoms with Crippen molar-refractivity contribution in [1.82, 2.24) is 10.2 Å². The molecule has 6 heteroatoms. The van der Waals surface area contributed by atoms with E-state index < -0.39 is 5.82 Å². The lowest BCUT2D eigenvalue weighted by Gasteiger charge is -2.51. The van der Waals surface area contributed by atoms with Crippen molar-refractivity contribution >= 4 is 5.91 Å². The predicted octanol–water partition coefficient (Wildman–Crippen LogP) is 4.17. The monoisotopic (exact) mass is 426 g/mol. The van der Waals surface area contributed by atoms with E-state index in [9.17, 15) is 9.18 Å². The van der Waals surface area contributed by atoms with E-state index in [0.717, 1.165) is 18.6 Å². The molecule has 2 heterocycles. The van der Waals surface area contributed by atoms with Crippen LogP contribution in [0.3, 0.4) is 0 Å². The fourth-order valence-corrected chi connectivity index (χ4v) is 5.24. The first kappa shape index (κ1) is 21.8. The van der Waals surface area contributed by atoms with Gasteiger partial charge in [0.1, 0.15) is 11.6 Å². The average molecular weight is 427 g/mol. The van der Waals surface area contributed by atoms with Crippen molar-refractivity contribution in [3.63, 3.8) is 0 Å². The Kier molecular flexibility index (Phi) is 6.30. The summed E-state index contributed by atoms with van der Waals surface area (Å²) in [6, 6.07) is 10.8. The second-order valence-corrected chi connectivity index (χ2v) is 8.73. The smallest absolute Gasteiger partial charge is 0.251 e. The van der Waals surface area contributed by atoms with E-state index >= 15 is 0 Å². The Labute approximate surface area is 183 Å². The standard InChI is InChI=1S/C25H31FN2O3/c1-15-16(2)24(30-4)9-8-23(15)17(3)28-21-11-20(12-22(28)14-31-13-21)27-25(29)18-6-5-7-19(26)10-18/h5-10,17,20-22H,11-14H2,1-4H3,(H,27,29). The largest absolute Gasteiger partial charge is 0.496 e. The number of hydrogen-bond donors (Lipinski definition) is 1. The van der Waals surface area contributed by atoms with E-state index in [1.807, 2.05) is 6.07 Å². The topological polar surface area (TPSA) is 50.8 Å². The minimum atomic E-state index is -0.397. The molecule has 1 N–H and O–H groups in total. The summed E-state index contributed by atoms with van der Waals surface area (Å²) in [6.07, 6.45) is 1.63. The van der Waals surface area contributed by atoms with Crippen molar-refractivity contribution in [1.29, 1.82) is 0 Å². The zero-order valence-electron chi connectivity index (χ0n) is 18.7. The second-order valence-electron chi connectivity index (χ2n) is 8.73. The minimum absolute atomic E-state index is 0.0526. The molecule has 2 aliphatic rings. The predicted molar refractivity (Wildman–Crippen MR) is 118 cm³/mol. The Balaban J connectivity index is 1.50. The Morgan fingerprint density at radius 2 is 1.87 bits per heavy atom. The van der Waals surface area contributed by atoms with Crippen molar-refractivity contribution in [2.75, 3.05) is 20.3 Å². The van der Waals surface area contributed by atoms with Gasteiger partial charge in [-0.15, -0.1) is 0 Å². The normalized spacial score (nSPS) is 24.5. The third kappa shape index (κ3) is 4.32. The Bertz CT molecular complexity index is 950. The number of hydrogen-bond acceptors (Lipinski definition) is 4. The zero-order valence-corrected chi connectivity index (χ0v) is 18.7. The van der Waals surface area contributed by atoms with E-state index in [4.69, 9.17) is 9.47 Å². The molecule has 2 saturated heterocycles. The molecule has 4 rings (SSSR count). The lowest BCUT2D eigenvalue weighted by atomic mass is 9.86. The Morgan fingerprint density at radius 1 is 1.16 bits per heavy atom. The quantitative estimate of drug-likeness (QED) is 0.780. The van der Waals surface area contributed by atoms with E-state index in [0.29, 0.717) is 18.8 Å². The number of rotatable bonds is 5.